The summed E-state index contributed by atoms with van der Waals surface area (Å²) >= 11 is 0. The van der Waals surface area contributed by atoms with Crippen molar-refractivity contribution < 1.29 is 28.3 Å². The van der Waals surface area contributed by atoms with Gasteiger partial charge in [0.05, 0.1) is 0 Å². The van der Waals surface area contributed by atoms with Gasteiger partial charge >= 0.3 is 18.9 Å². The third-order valence-corrected chi connectivity index (χ3v) is 3.94. The van der Waals surface area contributed by atoms with E-state index >= 15 is 0 Å². The van der Waals surface area contributed by atoms with Crippen LogP contribution in [0.2, 0.25) is 25.7 Å². The second-order valence-corrected chi connectivity index (χ2v) is 10.8. The van der Waals surface area contributed by atoms with E-state index in [-0.39, 0.29) is 18.9 Å². The van der Waals surface area contributed by atoms with E-state index in [1.807, 2.05) is 25.1 Å². The Labute approximate surface area is 118 Å². The van der Waals surface area contributed by atoms with Crippen molar-refractivity contribution in [3.8, 4) is 5.75 Å². The van der Waals surface area contributed by atoms with Gasteiger partial charge in [0.2, 0.25) is 0 Å². The van der Waals surface area contributed by atoms with E-state index in [2.05, 4.69) is 25.7 Å². The van der Waals surface area contributed by atoms with Gasteiger partial charge in [-0.05, 0) is 6.04 Å². The van der Waals surface area contributed by atoms with E-state index < -0.39 is 8.07 Å². The molecule has 0 amide bonds. The van der Waals surface area contributed by atoms with Crippen molar-refractivity contribution in [1.82, 2.24) is 0 Å². The minimum absolute atomic E-state index is 0. The van der Waals surface area contributed by atoms with Gasteiger partial charge in [0, 0.05) is 20.4 Å². The SMILES string of the molecule is Cc1c[c-]c(OCOCC[Si](C)(C)C)cc1.[Li+]. The van der Waals surface area contributed by atoms with Gasteiger partial charge in [-0.2, -0.15) is 17.7 Å². The van der Waals surface area contributed by atoms with Crippen LogP contribution in [0.3, 0.4) is 0 Å². The van der Waals surface area contributed by atoms with Crippen LogP contribution in [0.4, 0.5) is 0 Å². The zero-order valence-corrected chi connectivity index (χ0v) is 12.7. The van der Waals surface area contributed by atoms with Crippen molar-refractivity contribution in [3.63, 3.8) is 0 Å². The Kier molecular flexibility index (Phi) is 7.90. The number of aryl methyl sites for hydroxylation is 1. The van der Waals surface area contributed by atoms with Gasteiger partial charge in [0.25, 0.3) is 0 Å². The first-order valence-electron chi connectivity index (χ1n) is 5.66. The Hall–Kier alpha value is -0.206. The van der Waals surface area contributed by atoms with Crippen LogP contribution in [-0.2, 0) is 4.74 Å². The summed E-state index contributed by atoms with van der Waals surface area (Å²) in [6.07, 6.45) is 0. The van der Waals surface area contributed by atoms with Gasteiger partial charge in [0.1, 0.15) is 0 Å². The van der Waals surface area contributed by atoms with E-state index in [0.717, 1.165) is 12.4 Å². The Morgan fingerprint density at radius 2 is 1.94 bits per heavy atom. The van der Waals surface area contributed by atoms with Gasteiger partial charge in [0.15, 0.2) is 6.79 Å². The quantitative estimate of drug-likeness (QED) is 0.314. The van der Waals surface area contributed by atoms with E-state index in [1.165, 1.54) is 11.6 Å². The molecule has 90 valence electrons. The molecule has 4 heteroatoms. The Bertz CT molecular complexity index is 306. The van der Waals surface area contributed by atoms with Crippen LogP contribution >= 0.6 is 0 Å². The molecule has 0 aliphatic carbocycles. The first kappa shape index (κ1) is 16.8. The Morgan fingerprint density at radius 1 is 1.24 bits per heavy atom. The number of rotatable bonds is 6. The van der Waals surface area contributed by atoms with E-state index in [1.54, 1.807) is 0 Å². The molecule has 0 aliphatic heterocycles. The average Bonchev–Trinajstić information content (AvgIpc) is 2.19. The molecule has 0 aliphatic rings. The molecule has 0 fully saturated rings. The smallest absolute Gasteiger partial charge is 0.493 e. The summed E-state index contributed by atoms with van der Waals surface area (Å²) in [7, 11) is -0.982. The van der Waals surface area contributed by atoms with Crippen molar-refractivity contribution in [2.24, 2.45) is 0 Å². The van der Waals surface area contributed by atoms with Gasteiger partial charge in [-0.25, -0.2) is 0 Å². The Balaban J connectivity index is 0.00000256. The summed E-state index contributed by atoms with van der Waals surface area (Å²) < 4.78 is 10.8. The number of hydrogen-bond donors (Lipinski definition) is 0. The third kappa shape index (κ3) is 8.51. The zero-order chi connectivity index (χ0) is 12.0. The summed E-state index contributed by atoms with van der Waals surface area (Å²) in [6.45, 7) is 10.2. The second kappa shape index (κ2) is 7.99. The molecule has 0 N–H and O–H groups in total. The van der Waals surface area contributed by atoms with Crippen LogP contribution < -0.4 is 23.6 Å². The molecule has 17 heavy (non-hydrogen) atoms. The molecular formula is C13H21LiO2Si. The second-order valence-electron chi connectivity index (χ2n) is 5.21. The number of hydrogen-bond acceptors (Lipinski definition) is 2. The van der Waals surface area contributed by atoms with E-state index in [4.69, 9.17) is 9.47 Å². The van der Waals surface area contributed by atoms with Crippen molar-refractivity contribution in [2.45, 2.75) is 32.6 Å². The fourth-order valence-corrected chi connectivity index (χ4v) is 1.88. The number of ether oxygens (including phenoxy) is 2. The minimum Gasteiger partial charge on any atom is -0.493 e. The minimum atomic E-state index is -0.982. The van der Waals surface area contributed by atoms with Gasteiger partial charge in [-0.1, -0.05) is 26.6 Å². The normalized spacial score (nSPS) is 10.8. The molecule has 0 radical (unpaired) electrons. The molecule has 2 nitrogen and oxygen atoms in total. The fourth-order valence-electron chi connectivity index (χ4n) is 1.12. The molecule has 1 rings (SSSR count). The number of benzene rings is 1. The van der Waals surface area contributed by atoms with Crippen LogP contribution in [-0.4, -0.2) is 21.5 Å². The zero-order valence-electron chi connectivity index (χ0n) is 11.7. The van der Waals surface area contributed by atoms with Crippen LogP contribution in [0.5, 0.6) is 5.75 Å². The molecule has 0 aromatic heterocycles. The monoisotopic (exact) mass is 244 g/mol. The average molecular weight is 244 g/mol. The maximum Gasteiger partial charge on any atom is 1.00 e. The summed E-state index contributed by atoms with van der Waals surface area (Å²) in [5.74, 6) is 0.749. The molecule has 1 aromatic carbocycles. The first-order valence-corrected chi connectivity index (χ1v) is 9.37. The largest absolute Gasteiger partial charge is 1.00 e. The molecule has 0 heterocycles. The van der Waals surface area contributed by atoms with Gasteiger partial charge in [-0.3, -0.25) is 0 Å². The molecule has 0 bridgehead atoms. The van der Waals surface area contributed by atoms with Crippen LogP contribution in [0.15, 0.2) is 18.2 Å². The summed E-state index contributed by atoms with van der Waals surface area (Å²) in [5.41, 5.74) is 1.19. The summed E-state index contributed by atoms with van der Waals surface area (Å²) in [5, 5.41) is 0. The van der Waals surface area contributed by atoms with Crippen molar-refractivity contribution in [2.75, 3.05) is 13.4 Å². The molecule has 0 atom stereocenters. The maximum absolute atomic E-state index is 5.44. The first-order chi connectivity index (χ1) is 7.47. The summed E-state index contributed by atoms with van der Waals surface area (Å²) in [4.78, 5) is 0. The molecule has 1 aromatic rings. The third-order valence-electron chi connectivity index (χ3n) is 2.23. The van der Waals surface area contributed by atoms with E-state index in [9.17, 15) is 0 Å². The fraction of sp³-hybridized carbons (Fsp3) is 0.538. The van der Waals surface area contributed by atoms with Crippen LogP contribution in [0.25, 0.3) is 0 Å². The van der Waals surface area contributed by atoms with Crippen LogP contribution in [0.1, 0.15) is 5.56 Å². The predicted octanol–water partition coefficient (Wildman–Crippen LogP) is 0.490. The standard InChI is InChI=1S/C13H21O2Si.Li/c1-12-5-7-13(8-6-12)15-11-14-9-10-16(2,3)4;/h5-7H,9-11H2,1-4H3;/q-1;+1. The van der Waals surface area contributed by atoms with Crippen molar-refractivity contribution in [3.05, 3.63) is 29.8 Å². The van der Waals surface area contributed by atoms with Crippen molar-refractivity contribution >= 4 is 8.07 Å². The predicted molar refractivity (Wildman–Crippen MR) is 69.6 cm³/mol. The molecule has 0 unspecified atom stereocenters. The Morgan fingerprint density at radius 3 is 2.47 bits per heavy atom. The molecular weight excluding hydrogens is 223 g/mol. The topological polar surface area (TPSA) is 18.5 Å². The van der Waals surface area contributed by atoms with E-state index in [0.29, 0.717) is 6.79 Å². The molecule has 0 saturated carbocycles. The summed E-state index contributed by atoms with van der Waals surface area (Å²) in [6, 6.07) is 10.1. The van der Waals surface area contributed by atoms with Gasteiger partial charge < -0.3 is 9.47 Å². The van der Waals surface area contributed by atoms with Gasteiger partial charge in [-0.15, -0.1) is 12.1 Å². The van der Waals surface area contributed by atoms with Crippen LogP contribution in [0, 0.1) is 13.0 Å². The maximum atomic E-state index is 5.44. The molecule has 0 spiro atoms. The molecule has 0 saturated heterocycles. The van der Waals surface area contributed by atoms with Crippen molar-refractivity contribution in [1.29, 1.82) is 0 Å².